The minimum absolute atomic E-state index is 0.190. The molecule has 0 atom stereocenters. The molecule has 4 N–H and O–H groups in total. The molecule has 3 rings (SSSR count). The Bertz CT molecular complexity index is 702. The molecule has 0 spiro atoms. The molecular weight excluding hydrogens is 304 g/mol. The molecule has 0 bridgehead atoms. The van der Waals surface area contributed by atoms with Crippen molar-refractivity contribution in [1.29, 1.82) is 0 Å². The number of urea groups is 1. The Morgan fingerprint density at radius 3 is 2.46 bits per heavy atom. The summed E-state index contributed by atoms with van der Waals surface area (Å²) in [4.78, 5) is 27.3. The van der Waals surface area contributed by atoms with Crippen LogP contribution in [-0.4, -0.2) is 23.0 Å². The van der Waals surface area contributed by atoms with Crippen molar-refractivity contribution >= 4 is 22.8 Å². The second-order valence-electron chi connectivity index (χ2n) is 6.34. The summed E-state index contributed by atoms with van der Waals surface area (Å²) in [6, 6.07) is 7.39. The normalized spacial score (nSPS) is 16.2. The minimum Gasteiger partial charge on any atom is -0.360 e. The van der Waals surface area contributed by atoms with Crippen molar-refractivity contribution in [2.45, 2.75) is 51.0 Å². The highest BCUT2D eigenvalue weighted by Gasteiger charge is 2.15. The van der Waals surface area contributed by atoms with Gasteiger partial charge in [-0.1, -0.05) is 50.3 Å². The molecular formula is C18H24N4O2. The number of aromatic nitrogens is 1. The fraction of sp³-hybridized carbons (Fsp3) is 0.444. The van der Waals surface area contributed by atoms with E-state index in [0.717, 1.165) is 36.6 Å². The lowest BCUT2D eigenvalue weighted by Crippen LogP contribution is -2.49. The molecule has 6 heteroatoms. The zero-order valence-corrected chi connectivity index (χ0v) is 13.7. The van der Waals surface area contributed by atoms with E-state index in [-0.39, 0.29) is 18.0 Å². The van der Waals surface area contributed by atoms with Gasteiger partial charge in [-0.2, -0.15) is 0 Å². The number of hydrazine groups is 1. The summed E-state index contributed by atoms with van der Waals surface area (Å²) >= 11 is 0. The second-order valence-corrected chi connectivity index (χ2v) is 6.34. The Morgan fingerprint density at radius 1 is 0.958 bits per heavy atom. The van der Waals surface area contributed by atoms with E-state index in [1.54, 1.807) is 6.20 Å². The zero-order chi connectivity index (χ0) is 16.8. The van der Waals surface area contributed by atoms with Gasteiger partial charge >= 0.3 is 6.03 Å². The quantitative estimate of drug-likeness (QED) is 0.638. The van der Waals surface area contributed by atoms with Crippen molar-refractivity contribution in [3.8, 4) is 0 Å². The van der Waals surface area contributed by atoms with Crippen LogP contribution in [0.3, 0.4) is 0 Å². The van der Waals surface area contributed by atoms with E-state index in [2.05, 4.69) is 21.2 Å². The Kier molecular flexibility index (Phi) is 5.36. The van der Waals surface area contributed by atoms with E-state index in [0.29, 0.717) is 5.56 Å². The Hall–Kier alpha value is -2.50. The fourth-order valence-electron chi connectivity index (χ4n) is 3.26. The van der Waals surface area contributed by atoms with Crippen LogP contribution in [0.2, 0.25) is 0 Å². The maximum Gasteiger partial charge on any atom is 0.333 e. The number of H-pyrrole nitrogens is 1. The Labute approximate surface area is 141 Å². The van der Waals surface area contributed by atoms with Gasteiger partial charge in [-0.25, -0.2) is 10.2 Å². The molecule has 1 aliphatic rings. The van der Waals surface area contributed by atoms with Crippen molar-refractivity contribution < 1.29 is 9.59 Å². The zero-order valence-electron chi connectivity index (χ0n) is 13.7. The molecule has 0 unspecified atom stereocenters. The third-order valence-corrected chi connectivity index (χ3v) is 4.56. The average Bonchev–Trinajstić information content (AvgIpc) is 2.99. The highest BCUT2D eigenvalue weighted by molar-refractivity contribution is 6.07. The number of rotatable bonds is 2. The lowest BCUT2D eigenvalue weighted by molar-refractivity contribution is 0.0937. The number of hydrogen-bond donors (Lipinski definition) is 4. The van der Waals surface area contributed by atoms with E-state index >= 15 is 0 Å². The summed E-state index contributed by atoms with van der Waals surface area (Å²) in [6.45, 7) is 0. The first-order chi connectivity index (χ1) is 11.7. The number of para-hydroxylation sites is 1. The number of amides is 3. The van der Waals surface area contributed by atoms with Crippen LogP contribution in [0.25, 0.3) is 10.9 Å². The predicted molar refractivity (Wildman–Crippen MR) is 93.5 cm³/mol. The molecule has 1 saturated carbocycles. The summed E-state index contributed by atoms with van der Waals surface area (Å²) in [7, 11) is 0. The van der Waals surface area contributed by atoms with Gasteiger partial charge in [-0.15, -0.1) is 0 Å². The topological polar surface area (TPSA) is 86.0 Å². The van der Waals surface area contributed by atoms with Gasteiger partial charge in [0.2, 0.25) is 0 Å². The Morgan fingerprint density at radius 2 is 1.67 bits per heavy atom. The lowest BCUT2D eigenvalue weighted by atomic mass is 9.97. The predicted octanol–water partition coefficient (Wildman–Crippen LogP) is 3.22. The minimum atomic E-state index is -0.353. The number of fused-ring (bicyclic) bond motifs is 1. The third-order valence-electron chi connectivity index (χ3n) is 4.56. The summed E-state index contributed by atoms with van der Waals surface area (Å²) in [5.41, 5.74) is 6.33. The van der Waals surface area contributed by atoms with Gasteiger partial charge in [0.05, 0.1) is 5.56 Å². The second kappa shape index (κ2) is 7.86. The van der Waals surface area contributed by atoms with Crippen LogP contribution >= 0.6 is 0 Å². The molecule has 1 aromatic carbocycles. The standard InChI is InChI=1S/C18H24N4O2/c23-17(15-12-19-16-11-7-6-10-14(15)16)21-22-18(24)20-13-8-4-2-1-3-5-9-13/h6-7,10-13,19H,1-5,8-9H2,(H,21,23)(H2,20,22,24). The molecule has 2 aromatic rings. The van der Waals surface area contributed by atoms with Crippen molar-refractivity contribution in [2.75, 3.05) is 0 Å². The molecule has 1 aromatic heterocycles. The van der Waals surface area contributed by atoms with E-state index in [4.69, 9.17) is 0 Å². The average molecular weight is 328 g/mol. The van der Waals surface area contributed by atoms with Gasteiger partial charge in [0.1, 0.15) is 0 Å². The summed E-state index contributed by atoms with van der Waals surface area (Å²) in [6.07, 6.45) is 9.70. The van der Waals surface area contributed by atoms with Crippen molar-refractivity contribution in [3.05, 3.63) is 36.0 Å². The first-order valence-corrected chi connectivity index (χ1v) is 8.67. The molecule has 1 aliphatic carbocycles. The number of benzene rings is 1. The van der Waals surface area contributed by atoms with E-state index in [1.165, 1.54) is 19.3 Å². The van der Waals surface area contributed by atoms with Crippen LogP contribution in [-0.2, 0) is 0 Å². The molecule has 6 nitrogen and oxygen atoms in total. The van der Waals surface area contributed by atoms with Crippen LogP contribution < -0.4 is 16.2 Å². The maximum atomic E-state index is 12.2. The number of hydrogen-bond acceptors (Lipinski definition) is 2. The molecule has 0 radical (unpaired) electrons. The molecule has 1 heterocycles. The SMILES string of the molecule is O=C(NNC(=O)c1c[nH]c2ccccc12)NC1CCCCCCC1. The largest absolute Gasteiger partial charge is 0.360 e. The molecule has 3 amide bonds. The monoisotopic (exact) mass is 328 g/mol. The number of carbonyl (C=O) groups excluding carboxylic acids is 2. The number of aromatic amines is 1. The number of carbonyl (C=O) groups is 2. The lowest BCUT2D eigenvalue weighted by Gasteiger charge is -2.21. The van der Waals surface area contributed by atoms with Crippen LogP contribution in [0.15, 0.2) is 30.5 Å². The highest BCUT2D eigenvalue weighted by atomic mass is 16.2. The Balaban J connectivity index is 1.51. The fourth-order valence-corrected chi connectivity index (χ4v) is 3.26. The molecule has 128 valence electrons. The first kappa shape index (κ1) is 16.4. The summed E-state index contributed by atoms with van der Waals surface area (Å²) in [5.74, 6) is -0.333. The first-order valence-electron chi connectivity index (χ1n) is 8.67. The van der Waals surface area contributed by atoms with Gasteiger partial charge < -0.3 is 10.3 Å². The van der Waals surface area contributed by atoms with E-state index < -0.39 is 0 Å². The van der Waals surface area contributed by atoms with Gasteiger partial charge in [0.25, 0.3) is 5.91 Å². The third kappa shape index (κ3) is 4.07. The van der Waals surface area contributed by atoms with Gasteiger partial charge in [-0.05, 0) is 18.9 Å². The van der Waals surface area contributed by atoms with Crippen LogP contribution in [0.4, 0.5) is 4.79 Å². The van der Waals surface area contributed by atoms with Gasteiger partial charge in [0, 0.05) is 23.1 Å². The van der Waals surface area contributed by atoms with Crippen LogP contribution in [0, 0.1) is 0 Å². The van der Waals surface area contributed by atoms with Crippen molar-refractivity contribution in [2.24, 2.45) is 0 Å². The molecule has 0 saturated heterocycles. The van der Waals surface area contributed by atoms with E-state index in [9.17, 15) is 9.59 Å². The van der Waals surface area contributed by atoms with Gasteiger partial charge in [0.15, 0.2) is 0 Å². The maximum absolute atomic E-state index is 12.2. The number of nitrogens with one attached hydrogen (secondary N) is 4. The smallest absolute Gasteiger partial charge is 0.333 e. The summed E-state index contributed by atoms with van der Waals surface area (Å²) < 4.78 is 0. The molecule has 1 fully saturated rings. The van der Waals surface area contributed by atoms with Crippen molar-refractivity contribution in [1.82, 2.24) is 21.2 Å². The van der Waals surface area contributed by atoms with E-state index in [1.807, 2.05) is 24.3 Å². The molecule has 24 heavy (non-hydrogen) atoms. The van der Waals surface area contributed by atoms with Crippen LogP contribution in [0.1, 0.15) is 55.3 Å². The van der Waals surface area contributed by atoms with Crippen LogP contribution in [0.5, 0.6) is 0 Å². The summed E-state index contributed by atoms with van der Waals surface area (Å²) in [5, 5.41) is 3.78. The highest BCUT2D eigenvalue weighted by Crippen LogP contribution is 2.18. The molecule has 0 aliphatic heterocycles. The van der Waals surface area contributed by atoms with Crippen molar-refractivity contribution in [3.63, 3.8) is 0 Å². The van der Waals surface area contributed by atoms with Gasteiger partial charge in [-0.3, -0.25) is 10.2 Å².